The van der Waals surface area contributed by atoms with E-state index in [2.05, 4.69) is 10.3 Å². The zero-order chi connectivity index (χ0) is 10.5. The maximum Gasteiger partial charge on any atom is 0.115 e. The number of hydrogen-bond donors (Lipinski definition) is 2. The van der Waals surface area contributed by atoms with Gasteiger partial charge in [0.2, 0.25) is 0 Å². The summed E-state index contributed by atoms with van der Waals surface area (Å²) in [7, 11) is 0. The van der Waals surface area contributed by atoms with Gasteiger partial charge in [0.05, 0.1) is 0 Å². The van der Waals surface area contributed by atoms with Crippen LogP contribution in [-0.2, 0) is 6.54 Å². The molecule has 0 aliphatic rings. The number of phenolic OH excluding ortho intramolecular Hbond substituents is 1. The molecule has 0 unspecified atom stereocenters. The first-order chi connectivity index (χ1) is 7.34. The molecular weight excluding hydrogens is 188 g/mol. The van der Waals surface area contributed by atoms with Crippen LogP contribution >= 0.6 is 0 Å². The van der Waals surface area contributed by atoms with Crippen molar-refractivity contribution in [3.8, 4) is 5.75 Å². The number of pyridine rings is 1. The van der Waals surface area contributed by atoms with Crippen LogP contribution in [0.2, 0.25) is 0 Å². The van der Waals surface area contributed by atoms with E-state index in [1.54, 1.807) is 24.5 Å². The van der Waals surface area contributed by atoms with Crippen molar-refractivity contribution in [3.05, 3.63) is 54.4 Å². The Balaban J connectivity index is 1.99. The van der Waals surface area contributed by atoms with Crippen LogP contribution in [-0.4, -0.2) is 10.1 Å². The molecular formula is C12H12N2O. The minimum absolute atomic E-state index is 0.295. The Morgan fingerprint density at radius 2 is 1.93 bits per heavy atom. The molecule has 0 radical (unpaired) electrons. The minimum atomic E-state index is 0.295. The summed E-state index contributed by atoms with van der Waals surface area (Å²) in [6.45, 7) is 0.693. The molecule has 2 N–H and O–H groups in total. The first-order valence-corrected chi connectivity index (χ1v) is 4.76. The molecule has 3 heteroatoms. The van der Waals surface area contributed by atoms with Crippen molar-refractivity contribution in [1.29, 1.82) is 0 Å². The van der Waals surface area contributed by atoms with E-state index in [0.717, 1.165) is 11.3 Å². The second-order valence-corrected chi connectivity index (χ2v) is 3.26. The Labute approximate surface area is 88.4 Å². The maximum atomic E-state index is 9.27. The van der Waals surface area contributed by atoms with E-state index in [0.29, 0.717) is 12.3 Å². The van der Waals surface area contributed by atoms with Crippen molar-refractivity contribution in [2.24, 2.45) is 0 Å². The fourth-order valence-electron chi connectivity index (χ4n) is 1.34. The summed E-state index contributed by atoms with van der Waals surface area (Å²) in [5.41, 5.74) is 2.07. The van der Waals surface area contributed by atoms with Crippen LogP contribution in [0, 0.1) is 0 Å². The average molecular weight is 200 g/mol. The lowest BCUT2D eigenvalue weighted by Crippen LogP contribution is -1.98. The number of nitrogens with one attached hydrogen (secondary N) is 1. The van der Waals surface area contributed by atoms with E-state index in [4.69, 9.17) is 0 Å². The summed E-state index contributed by atoms with van der Waals surface area (Å²) >= 11 is 0. The summed E-state index contributed by atoms with van der Waals surface area (Å²) in [6.07, 6.45) is 3.48. The summed E-state index contributed by atoms with van der Waals surface area (Å²) in [5.74, 6) is 0.295. The molecule has 0 aliphatic heterocycles. The fourth-order valence-corrected chi connectivity index (χ4v) is 1.34. The molecule has 0 amide bonds. The van der Waals surface area contributed by atoms with Gasteiger partial charge in [-0.2, -0.15) is 0 Å². The van der Waals surface area contributed by atoms with Gasteiger partial charge in [0, 0.05) is 24.6 Å². The van der Waals surface area contributed by atoms with Gasteiger partial charge in [0.15, 0.2) is 0 Å². The molecule has 3 nitrogen and oxygen atoms in total. The SMILES string of the molecule is Oc1cccc(CNc2ccncc2)c1. The molecule has 0 saturated heterocycles. The van der Waals surface area contributed by atoms with E-state index in [9.17, 15) is 5.11 Å². The van der Waals surface area contributed by atoms with E-state index in [1.165, 1.54) is 0 Å². The number of hydrogen-bond acceptors (Lipinski definition) is 3. The number of aromatic hydroxyl groups is 1. The predicted octanol–water partition coefficient (Wildman–Crippen LogP) is 2.40. The van der Waals surface area contributed by atoms with E-state index in [1.807, 2.05) is 24.3 Å². The van der Waals surface area contributed by atoms with Gasteiger partial charge in [0.25, 0.3) is 0 Å². The second-order valence-electron chi connectivity index (χ2n) is 3.26. The maximum absolute atomic E-state index is 9.27. The van der Waals surface area contributed by atoms with Gasteiger partial charge < -0.3 is 10.4 Å². The number of anilines is 1. The predicted molar refractivity (Wildman–Crippen MR) is 59.7 cm³/mol. The quantitative estimate of drug-likeness (QED) is 0.799. The first kappa shape index (κ1) is 9.52. The number of benzene rings is 1. The molecule has 15 heavy (non-hydrogen) atoms. The molecule has 2 rings (SSSR count). The van der Waals surface area contributed by atoms with Gasteiger partial charge in [-0.15, -0.1) is 0 Å². The van der Waals surface area contributed by atoms with Crippen molar-refractivity contribution in [2.45, 2.75) is 6.54 Å². The molecule has 2 aromatic rings. The third-order valence-corrected chi connectivity index (χ3v) is 2.09. The zero-order valence-corrected chi connectivity index (χ0v) is 8.22. The van der Waals surface area contributed by atoms with Gasteiger partial charge in [0.1, 0.15) is 5.75 Å². The van der Waals surface area contributed by atoms with Crippen molar-refractivity contribution < 1.29 is 5.11 Å². The number of rotatable bonds is 3. The van der Waals surface area contributed by atoms with E-state index < -0.39 is 0 Å². The molecule has 1 heterocycles. The molecule has 0 atom stereocenters. The normalized spacial score (nSPS) is 9.87. The minimum Gasteiger partial charge on any atom is -0.508 e. The second kappa shape index (κ2) is 4.46. The lowest BCUT2D eigenvalue weighted by Gasteiger charge is -2.05. The van der Waals surface area contributed by atoms with Gasteiger partial charge in [-0.3, -0.25) is 4.98 Å². The highest BCUT2D eigenvalue weighted by atomic mass is 16.3. The molecule has 1 aromatic heterocycles. The Hall–Kier alpha value is -2.03. The Bertz CT molecular complexity index is 429. The molecule has 76 valence electrons. The third kappa shape index (κ3) is 2.71. The standard InChI is InChI=1S/C12H12N2O/c15-12-3-1-2-10(8-12)9-14-11-4-6-13-7-5-11/h1-8,15H,9H2,(H,13,14). The molecule has 0 bridgehead atoms. The Morgan fingerprint density at radius 1 is 1.13 bits per heavy atom. The highest BCUT2D eigenvalue weighted by Crippen LogP contribution is 2.12. The molecule has 0 saturated carbocycles. The van der Waals surface area contributed by atoms with Gasteiger partial charge >= 0.3 is 0 Å². The Morgan fingerprint density at radius 3 is 2.67 bits per heavy atom. The van der Waals surface area contributed by atoms with Gasteiger partial charge in [-0.1, -0.05) is 12.1 Å². The summed E-state index contributed by atoms with van der Waals surface area (Å²) in [4.78, 5) is 3.93. The number of phenols is 1. The van der Waals surface area contributed by atoms with Crippen LogP contribution in [0.1, 0.15) is 5.56 Å². The van der Waals surface area contributed by atoms with Crippen molar-refractivity contribution in [1.82, 2.24) is 4.98 Å². The van der Waals surface area contributed by atoms with Crippen LogP contribution in [0.4, 0.5) is 5.69 Å². The van der Waals surface area contributed by atoms with E-state index >= 15 is 0 Å². The lowest BCUT2D eigenvalue weighted by atomic mass is 10.2. The molecule has 0 aliphatic carbocycles. The van der Waals surface area contributed by atoms with Gasteiger partial charge in [-0.25, -0.2) is 0 Å². The van der Waals surface area contributed by atoms with Crippen LogP contribution in [0.25, 0.3) is 0 Å². The zero-order valence-electron chi connectivity index (χ0n) is 8.22. The van der Waals surface area contributed by atoms with Crippen molar-refractivity contribution in [3.63, 3.8) is 0 Å². The molecule has 0 spiro atoms. The van der Waals surface area contributed by atoms with Crippen molar-refractivity contribution >= 4 is 5.69 Å². The molecule has 0 fully saturated rings. The summed E-state index contributed by atoms with van der Waals surface area (Å²) in [6, 6.07) is 11.0. The van der Waals surface area contributed by atoms with E-state index in [-0.39, 0.29) is 0 Å². The summed E-state index contributed by atoms with van der Waals surface area (Å²) < 4.78 is 0. The lowest BCUT2D eigenvalue weighted by molar-refractivity contribution is 0.474. The smallest absolute Gasteiger partial charge is 0.115 e. The van der Waals surface area contributed by atoms with Crippen molar-refractivity contribution in [2.75, 3.05) is 5.32 Å². The highest BCUT2D eigenvalue weighted by molar-refractivity contribution is 5.42. The van der Waals surface area contributed by atoms with Crippen LogP contribution in [0.5, 0.6) is 5.75 Å². The van der Waals surface area contributed by atoms with Crippen LogP contribution in [0.3, 0.4) is 0 Å². The van der Waals surface area contributed by atoms with Crippen LogP contribution < -0.4 is 5.32 Å². The first-order valence-electron chi connectivity index (χ1n) is 4.76. The third-order valence-electron chi connectivity index (χ3n) is 2.09. The summed E-state index contributed by atoms with van der Waals surface area (Å²) in [5, 5.41) is 12.5. The topological polar surface area (TPSA) is 45.1 Å². The largest absolute Gasteiger partial charge is 0.508 e. The number of nitrogens with zero attached hydrogens (tertiary/aromatic N) is 1. The van der Waals surface area contributed by atoms with Crippen LogP contribution in [0.15, 0.2) is 48.8 Å². The molecule has 1 aromatic carbocycles. The Kier molecular flexibility index (Phi) is 2.83. The highest BCUT2D eigenvalue weighted by Gasteiger charge is 1.94. The number of aromatic nitrogens is 1. The monoisotopic (exact) mass is 200 g/mol. The fraction of sp³-hybridized carbons (Fsp3) is 0.0833. The average Bonchev–Trinajstić information content (AvgIpc) is 2.28. The van der Waals surface area contributed by atoms with Gasteiger partial charge in [-0.05, 0) is 29.8 Å².